The maximum atomic E-state index is 6.02. The molecule has 0 saturated carbocycles. The molecule has 2 unspecified atom stereocenters. The molecule has 0 aliphatic carbocycles. The van der Waals surface area contributed by atoms with Gasteiger partial charge < -0.3 is 5.73 Å². The third-order valence-electron chi connectivity index (χ3n) is 4.06. The van der Waals surface area contributed by atoms with Crippen molar-refractivity contribution >= 4 is 0 Å². The van der Waals surface area contributed by atoms with E-state index in [2.05, 4.69) is 57.7 Å². The van der Waals surface area contributed by atoms with Crippen molar-refractivity contribution in [1.82, 2.24) is 4.90 Å². The Labute approximate surface area is 112 Å². The van der Waals surface area contributed by atoms with Gasteiger partial charge in [-0.25, -0.2) is 0 Å². The molecule has 2 heteroatoms. The molecule has 0 radical (unpaired) electrons. The molecule has 102 valence electrons. The van der Waals surface area contributed by atoms with E-state index in [-0.39, 0.29) is 0 Å². The van der Waals surface area contributed by atoms with Gasteiger partial charge in [0.1, 0.15) is 0 Å². The van der Waals surface area contributed by atoms with E-state index in [0.717, 1.165) is 13.0 Å². The number of benzene rings is 1. The van der Waals surface area contributed by atoms with E-state index in [4.69, 9.17) is 5.73 Å². The molecule has 2 N–H and O–H groups in total. The molecule has 1 aromatic carbocycles. The van der Waals surface area contributed by atoms with Crippen molar-refractivity contribution < 1.29 is 0 Å². The van der Waals surface area contributed by atoms with Gasteiger partial charge in [-0.3, -0.25) is 4.90 Å². The zero-order valence-corrected chi connectivity index (χ0v) is 12.5. The average Bonchev–Trinajstić information content (AvgIpc) is 2.38. The molecular formula is C16H28N2. The first-order valence-corrected chi connectivity index (χ1v) is 7.08. The molecule has 0 aliphatic rings. The van der Waals surface area contributed by atoms with Gasteiger partial charge in [-0.1, -0.05) is 32.0 Å². The molecule has 2 atom stereocenters. The van der Waals surface area contributed by atoms with Crippen LogP contribution in [0.2, 0.25) is 0 Å². The zero-order valence-electron chi connectivity index (χ0n) is 12.5. The molecule has 0 amide bonds. The highest BCUT2D eigenvalue weighted by molar-refractivity contribution is 5.32. The van der Waals surface area contributed by atoms with Crippen molar-refractivity contribution in [2.45, 2.75) is 53.1 Å². The van der Waals surface area contributed by atoms with Crippen molar-refractivity contribution in [1.29, 1.82) is 0 Å². The predicted molar refractivity (Wildman–Crippen MR) is 79.8 cm³/mol. The van der Waals surface area contributed by atoms with Crippen molar-refractivity contribution in [3.05, 3.63) is 34.9 Å². The fourth-order valence-electron chi connectivity index (χ4n) is 2.51. The van der Waals surface area contributed by atoms with Crippen LogP contribution in [0.15, 0.2) is 18.2 Å². The van der Waals surface area contributed by atoms with Crippen molar-refractivity contribution in [2.24, 2.45) is 5.73 Å². The largest absolute Gasteiger partial charge is 0.329 e. The lowest BCUT2D eigenvalue weighted by atomic mass is 9.98. The normalized spacial score (nSPS) is 14.8. The van der Waals surface area contributed by atoms with E-state index in [0.29, 0.717) is 18.6 Å². The van der Waals surface area contributed by atoms with E-state index in [1.54, 1.807) is 0 Å². The lowest BCUT2D eigenvalue weighted by Crippen LogP contribution is -2.39. The molecule has 0 bridgehead atoms. The van der Waals surface area contributed by atoms with E-state index < -0.39 is 0 Å². The molecule has 1 rings (SSSR count). The average molecular weight is 248 g/mol. The van der Waals surface area contributed by atoms with E-state index in [1.165, 1.54) is 16.7 Å². The summed E-state index contributed by atoms with van der Waals surface area (Å²) in [5, 5.41) is 0. The number of hydrogen-bond donors (Lipinski definition) is 1. The van der Waals surface area contributed by atoms with Crippen molar-refractivity contribution in [3.63, 3.8) is 0 Å². The minimum Gasteiger partial charge on any atom is -0.329 e. The van der Waals surface area contributed by atoms with E-state index >= 15 is 0 Å². The third-order valence-corrected chi connectivity index (χ3v) is 4.06. The lowest BCUT2D eigenvalue weighted by molar-refractivity contribution is 0.152. The standard InChI is InChI=1S/C16H28N2/c1-6-14(5)18(7-2)16(11-17)15-9-8-12(3)13(4)10-15/h8-10,14,16H,6-7,11,17H2,1-5H3. The number of aryl methyl sites for hydroxylation is 2. The van der Waals surface area contributed by atoms with Gasteiger partial charge in [0, 0.05) is 18.6 Å². The molecular weight excluding hydrogens is 220 g/mol. The lowest BCUT2D eigenvalue weighted by Gasteiger charge is -2.35. The minimum atomic E-state index is 0.337. The van der Waals surface area contributed by atoms with Crippen LogP contribution in [0.1, 0.15) is 49.9 Å². The van der Waals surface area contributed by atoms with Gasteiger partial charge in [0.25, 0.3) is 0 Å². The first-order valence-electron chi connectivity index (χ1n) is 7.08. The Morgan fingerprint density at radius 3 is 2.28 bits per heavy atom. The summed E-state index contributed by atoms with van der Waals surface area (Å²) in [5.41, 5.74) is 10.1. The molecule has 0 aromatic heterocycles. The molecule has 0 heterocycles. The van der Waals surface area contributed by atoms with Crippen molar-refractivity contribution in [3.8, 4) is 0 Å². The summed E-state index contributed by atoms with van der Waals surface area (Å²) in [6.07, 6.45) is 1.16. The first-order chi connectivity index (χ1) is 8.54. The van der Waals surface area contributed by atoms with Crippen LogP contribution < -0.4 is 5.73 Å². The molecule has 1 aromatic rings. The second-order valence-corrected chi connectivity index (χ2v) is 5.18. The van der Waals surface area contributed by atoms with Crippen LogP contribution in [0.3, 0.4) is 0 Å². The number of rotatable bonds is 6. The van der Waals surface area contributed by atoms with Gasteiger partial charge >= 0.3 is 0 Å². The van der Waals surface area contributed by atoms with Gasteiger partial charge in [0.15, 0.2) is 0 Å². The van der Waals surface area contributed by atoms with Gasteiger partial charge in [-0.2, -0.15) is 0 Å². The first kappa shape index (κ1) is 15.2. The monoisotopic (exact) mass is 248 g/mol. The highest BCUT2D eigenvalue weighted by Gasteiger charge is 2.21. The Bertz CT molecular complexity index is 373. The molecule has 2 nitrogen and oxygen atoms in total. The minimum absolute atomic E-state index is 0.337. The number of nitrogens with two attached hydrogens (primary N) is 1. The van der Waals surface area contributed by atoms with Gasteiger partial charge in [0.2, 0.25) is 0 Å². The Hall–Kier alpha value is -0.860. The summed E-state index contributed by atoms with van der Waals surface area (Å²) < 4.78 is 0. The zero-order chi connectivity index (χ0) is 13.7. The molecule has 0 spiro atoms. The van der Waals surface area contributed by atoms with Gasteiger partial charge in [-0.05, 0) is 50.4 Å². The summed E-state index contributed by atoms with van der Waals surface area (Å²) in [4.78, 5) is 2.50. The Morgan fingerprint density at radius 2 is 1.83 bits per heavy atom. The summed E-state index contributed by atoms with van der Waals surface area (Å²) in [7, 11) is 0. The summed E-state index contributed by atoms with van der Waals surface area (Å²) in [6, 6.07) is 7.63. The smallest absolute Gasteiger partial charge is 0.0473 e. The van der Waals surface area contributed by atoms with Crippen LogP contribution in [0.4, 0.5) is 0 Å². The van der Waals surface area contributed by atoms with E-state index in [1.807, 2.05) is 0 Å². The van der Waals surface area contributed by atoms with Crippen LogP contribution in [0.5, 0.6) is 0 Å². The van der Waals surface area contributed by atoms with Gasteiger partial charge in [-0.15, -0.1) is 0 Å². The van der Waals surface area contributed by atoms with Crippen LogP contribution in [-0.4, -0.2) is 24.0 Å². The second kappa shape index (κ2) is 6.91. The summed E-state index contributed by atoms with van der Waals surface area (Å²) >= 11 is 0. The number of nitrogens with zero attached hydrogens (tertiary/aromatic N) is 1. The fraction of sp³-hybridized carbons (Fsp3) is 0.625. The Morgan fingerprint density at radius 1 is 1.17 bits per heavy atom. The van der Waals surface area contributed by atoms with Crippen LogP contribution in [0, 0.1) is 13.8 Å². The summed E-state index contributed by atoms with van der Waals surface area (Å²) in [5.74, 6) is 0. The molecule has 0 saturated heterocycles. The topological polar surface area (TPSA) is 29.3 Å². The van der Waals surface area contributed by atoms with Gasteiger partial charge in [0.05, 0.1) is 0 Å². The summed E-state index contributed by atoms with van der Waals surface area (Å²) in [6.45, 7) is 12.8. The van der Waals surface area contributed by atoms with Crippen LogP contribution >= 0.6 is 0 Å². The van der Waals surface area contributed by atoms with Crippen molar-refractivity contribution in [2.75, 3.05) is 13.1 Å². The maximum absolute atomic E-state index is 6.02. The predicted octanol–water partition coefficient (Wildman–Crippen LogP) is 3.42. The SMILES string of the molecule is CCC(C)N(CC)C(CN)c1ccc(C)c(C)c1. The van der Waals surface area contributed by atoms with E-state index in [9.17, 15) is 0 Å². The maximum Gasteiger partial charge on any atom is 0.0473 e. The second-order valence-electron chi connectivity index (χ2n) is 5.18. The molecule has 18 heavy (non-hydrogen) atoms. The third kappa shape index (κ3) is 3.33. The van der Waals surface area contributed by atoms with Crippen LogP contribution in [0.25, 0.3) is 0 Å². The quantitative estimate of drug-likeness (QED) is 0.836. The molecule has 0 fully saturated rings. The Kier molecular flexibility index (Phi) is 5.83. The molecule has 0 aliphatic heterocycles. The number of hydrogen-bond acceptors (Lipinski definition) is 2. The fourth-order valence-corrected chi connectivity index (χ4v) is 2.51. The highest BCUT2D eigenvalue weighted by Crippen LogP contribution is 2.24. The van der Waals surface area contributed by atoms with Crippen LogP contribution in [-0.2, 0) is 0 Å². The highest BCUT2D eigenvalue weighted by atomic mass is 15.2. The Balaban J connectivity index is 3.03. The number of likely N-dealkylation sites (N-methyl/N-ethyl adjacent to an activating group) is 1.